The number of rotatable bonds is 2. The van der Waals surface area contributed by atoms with Crippen LogP contribution in [0, 0.1) is 0 Å². The monoisotopic (exact) mass is 307 g/mol. The number of nitrogens with one attached hydrogen (secondary N) is 1. The Morgan fingerprint density at radius 2 is 1.59 bits per heavy atom. The Hall–Kier alpha value is -2.93. The SMILES string of the molecule is CCO.O=C(O)/C=C/C(=O)O.O=c1[nH]ccc2ccccc12. The van der Waals surface area contributed by atoms with Gasteiger partial charge in [-0.25, -0.2) is 9.59 Å². The molecule has 2 aromatic rings. The minimum Gasteiger partial charge on any atom is -0.478 e. The van der Waals surface area contributed by atoms with Gasteiger partial charge < -0.3 is 20.3 Å². The summed E-state index contributed by atoms with van der Waals surface area (Å²) < 4.78 is 0. The number of carboxylic acids is 2. The molecule has 118 valence electrons. The lowest BCUT2D eigenvalue weighted by molar-refractivity contribution is -0.134. The first kappa shape index (κ1) is 19.1. The predicted molar refractivity (Wildman–Crippen MR) is 81.7 cm³/mol. The van der Waals surface area contributed by atoms with Gasteiger partial charge in [0.2, 0.25) is 0 Å². The van der Waals surface area contributed by atoms with Gasteiger partial charge in [-0.2, -0.15) is 0 Å². The Kier molecular flexibility index (Phi) is 9.37. The van der Waals surface area contributed by atoms with Crippen molar-refractivity contribution in [1.82, 2.24) is 4.98 Å². The average molecular weight is 307 g/mol. The summed E-state index contributed by atoms with van der Waals surface area (Å²) >= 11 is 0. The molecule has 0 unspecified atom stereocenters. The minimum atomic E-state index is -1.26. The molecule has 0 radical (unpaired) electrons. The van der Waals surface area contributed by atoms with Crippen LogP contribution in [0.3, 0.4) is 0 Å². The van der Waals surface area contributed by atoms with Crippen molar-refractivity contribution in [3.8, 4) is 0 Å². The van der Waals surface area contributed by atoms with Gasteiger partial charge in [-0.1, -0.05) is 18.2 Å². The molecular formula is C15H17NO6. The molecule has 22 heavy (non-hydrogen) atoms. The van der Waals surface area contributed by atoms with Gasteiger partial charge in [-0.05, 0) is 24.4 Å². The quantitative estimate of drug-likeness (QED) is 0.618. The Bertz CT molecular complexity index is 668. The topological polar surface area (TPSA) is 128 Å². The van der Waals surface area contributed by atoms with E-state index in [2.05, 4.69) is 4.98 Å². The van der Waals surface area contributed by atoms with Crippen molar-refractivity contribution in [3.63, 3.8) is 0 Å². The molecule has 0 bridgehead atoms. The molecule has 0 atom stereocenters. The van der Waals surface area contributed by atoms with E-state index >= 15 is 0 Å². The maximum absolute atomic E-state index is 11.1. The number of benzene rings is 1. The smallest absolute Gasteiger partial charge is 0.328 e. The molecule has 0 spiro atoms. The molecule has 1 heterocycles. The normalized spacial score (nSPS) is 9.36. The molecule has 1 aromatic carbocycles. The number of H-pyrrole nitrogens is 1. The molecule has 0 saturated heterocycles. The fourth-order valence-corrected chi connectivity index (χ4v) is 1.28. The molecule has 0 aliphatic carbocycles. The van der Waals surface area contributed by atoms with Crippen molar-refractivity contribution in [2.75, 3.05) is 6.61 Å². The number of aliphatic hydroxyl groups excluding tert-OH is 1. The number of hydrogen-bond acceptors (Lipinski definition) is 4. The van der Waals surface area contributed by atoms with Crippen LogP contribution in [-0.2, 0) is 9.59 Å². The van der Waals surface area contributed by atoms with Crippen LogP contribution in [0.4, 0.5) is 0 Å². The van der Waals surface area contributed by atoms with E-state index in [0.717, 1.165) is 10.8 Å². The van der Waals surface area contributed by atoms with Crippen molar-refractivity contribution < 1.29 is 24.9 Å². The summed E-state index contributed by atoms with van der Waals surface area (Å²) in [6.07, 6.45) is 2.77. The molecule has 0 aliphatic rings. The molecular weight excluding hydrogens is 290 g/mol. The lowest BCUT2D eigenvalue weighted by Crippen LogP contribution is -2.03. The van der Waals surface area contributed by atoms with Crippen LogP contribution in [0.25, 0.3) is 10.8 Å². The second kappa shape index (κ2) is 10.8. The van der Waals surface area contributed by atoms with Crippen molar-refractivity contribution in [2.45, 2.75) is 6.92 Å². The van der Waals surface area contributed by atoms with Crippen LogP contribution in [0.5, 0.6) is 0 Å². The second-order valence-corrected chi connectivity index (χ2v) is 3.72. The standard InChI is InChI=1S/C9H7NO.C4H4O4.C2H6O/c11-9-8-4-2-1-3-7(8)5-6-10-9;5-3(6)1-2-4(7)8;1-2-3/h1-6H,(H,10,11);1-2H,(H,5,6)(H,7,8);3H,2H2,1H3/b;2-1+;. The Balaban J connectivity index is 0.000000356. The van der Waals surface area contributed by atoms with Gasteiger partial charge in [0.1, 0.15) is 0 Å². The van der Waals surface area contributed by atoms with Gasteiger partial charge in [0, 0.05) is 30.3 Å². The van der Waals surface area contributed by atoms with Gasteiger partial charge in [0.05, 0.1) is 0 Å². The molecule has 0 fully saturated rings. The van der Waals surface area contributed by atoms with E-state index in [-0.39, 0.29) is 12.2 Å². The Morgan fingerprint density at radius 1 is 1.09 bits per heavy atom. The second-order valence-electron chi connectivity index (χ2n) is 3.72. The van der Waals surface area contributed by atoms with E-state index in [1.807, 2.05) is 30.3 Å². The van der Waals surface area contributed by atoms with Gasteiger partial charge >= 0.3 is 11.9 Å². The first-order chi connectivity index (χ1) is 10.4. The number of carbonyl (C=O) groups is 2. The molecule has 0 aliphatic heterocycles. The third-order valence-corrected chi connectivity index (χ3v) is 2.05. The number of carboxylic acid groups (broad SMARTS) is 2. The largest absolute Gasteiger partial charge is 0.478 e. The highest BCUT2D eigenvalue weighted by Gasteiger charge is 1.92. The lowest BCUT2D eigenvalue weighted by Gasteiger charge is -1.92. The van der Waals surface area contributed by atoms with E-state index in [4.69, 9.17) is 15.3 Å². The number of aromatic amines is 1. The fourth-order valence-electron chi connectivity index (χ4n) is 1.28. The highest BCUT2D eigenvalue weighted by atomic mass is 16.4. The van der Waals surface area contributed by atoms with Crippen molar-refractivity contribution in [2.24, 2.45) is 0 Å². The summed E-state index contributed by atoms with van der Waals surface area (Å²) in [4.78, 5) is 32.8. The fraction of sp³-hybridized carbons (Fsp3) is 0.133. The van der Waals surface area contributed by atoms with Crippen LogP contribution < -0.4 is 5.56 Å². The number of fused-ring (bicyclic) bond motifs is 1. The van der Waals surface area contributed by atoms with E-state index in [1.54, 1.807) is 13.1 Å². The summed E-state index contributed by atoms with van der Waals surface area (Å²) in [6.45, 7) is 1.93. The summed E-state index contributed by atoms with van der Waals surface area (Å²) in [5.41, 5.74) is -0.0249. The molecule has 4 N–H and O–H groups in total. The summed E-state index contributed by atoms with van der Waals surface area (Å²) in [7, 11) is 0. The zero-order chi connectivity index (χ0) is 17.0. The molecule has 7 nitrogen and oxygen atoms in total. The van der Waals surface area contributed by atoms with Crippen LogP contribution in [0.2, 0.25) is 0 Å². The number of aliphatic hydroxyl groups is 1. The van der Waals surface area contributed by atoms with Crippen LogP contribution in [0.15, 0.2) is 53.5 Å². The predicted octanol–water partition coefficient (Wildman–Crippen LogP) is 1.24. The van der Waals surface area contributed by atoms with E-state index < -0.39 is 11.9 Å². The average Bonchev–Trinajstić information content (AvgIpc) is 2.47. The Labute approximate surface area is 126 Å². The molecule has 0 saturated carbocycles. The zero-order valence-electron chi connectivity index (χ0n) is 11.9. The number of pyridine rings is 1. The molecule has 2 rings (SSSR count). The summed E-state index contributed by atoms with van der Waals surface area (Å²) in [6, 6.07) is 9.40. The van der Waals surface area contributed by atoms with Crippen molar-refractivity contribution in [3.05, 3.63) is 59.0 Å². The van der Waals surface area contributed by atoms with Crippen molar-refractivity contribution in [1.29, 1.82) is 0 Å². The minimum absolute atomic E-state index is 0.0249. The van der Waals surface area contributed by atoms with Crippen LogP contribution in [0.1, 0.15) is 6.92 Å². The summed E-state index contributed by atoms with van der Waals surface area (Å²) in [5, 5.41) is 24.9. The first-order valence-electron chi connectivity index (χ1n) is 6.23. The highest BCUT2D eigenvalue weighted by Crippen LogP contribution is 2.05. The maximum Gasteiger partial charge on any atom is 0.328 e. The maximum atomic E-state index is 11.1. The molecule has 1 aromatic heterocycles. The number of hydrogen-bond donors (Lipinski definition) is 4. The first-order valence-corrected chi connectivity index (χ1v) is 6.23. The van der Waals surface area contributed by atoms with Gasteiger partial charge in [-0.3, -0.25) is 4.79 Å². The van der Waals surface area contributed by atoms with E-state index in [0.29, 0.717) is 12.2 Å². The molecule has 0 amide bonds. The van der Waals surface area contributed by atoms with Gasteiger partial charge in [0.25, 0.3) is 5.56 Å². The lowest BCUT2D eigenvalue weighted by atomic mass is 10.2. The molecule has 7 heteroatoms. The number of aliphatic carboxylic acids is 2. The van der Waals surface area contributed by atoms with Crippen LogP contribution in [-0.4, -0.2) is 38.8 Å². The van der Waals surface area contributed by atoms with Crippen molar-refractivity contribution >= 4 is 22.7 Å². The van der Waals surface area contributed by atoms with Gasteiger partial charge in [0.15, 0.2) is 0 Å². The zero-order valence-corrected chi connectivity index (χ0v) is 11.9. The van der Waals surface area contributed by atoms with E-state index in [1.165, 1.54) is 0 Å². The summed E-state index contributed by atoms with van der Waals surface area (Å²) in [5.74, 6) is -2.51. The highest BCUT2D eigenvalue weighted by molar-refractivity contribution is 5.89. The van der Waals surface area contributed by atoms with Crippen LogP contribution >= 0.6 is 0 Å². The third-order valence-electron chi connectivity index (χ3n) is 2.05. The van der Waals surface area contributed by atoms with E-state index in [9.17, 15) is 14.4 Å². The Morgan fingerprint density at radius 3 is 2.05 bits per heavy atom. The number of aromatic nitrogens is 1. The van der Waals surface area contributed by atoms with Gasteiger partial charge in [-0.15, -0.1) is 0 Å². The third kappa shape index (κ3) is 8.28.